The van der Waals surface area contributed by atoms with Gasteiger partial charge in [0, 0.05) is 0 Å². The van der Waals surface area contributed by atoms with Crippen LogP contribution in [0.4, 0.5) is 26.3 Å². The van der Waals surface area contributed by atoms with Crippen molar-refractivity contribution in [2.75, 3.05) is 6.61 Å². The third kappa shape index (κ3) is 4.25. The molecule has 2 aliphatic rings. The van der Waals surface area contributed by atoms with E-state index in [0.717, 1.165) is 0 Å². The summed E-state index contributed by atoms with van der Waals surface area (Å²) in [4.78, 5) is 11.7. The van der Waals surface area contributed by atoms with Crippen molar-refractivity contribution >= 4 is 28.6 Å². The van der Waals surface area contributed by atoms with Crippen LogP contribution in [0.2, 0.25) is 0 Å². The lowest BCUT2D eigenvalue weighted by Crippen LogP contribution is -2.58. The van der Waals surface area contributed by atoms with Gasteiger partial charge in [-0.3, -0.25) is 4.79 Å². The van der Waals surface area contributed by atoms with Crippen LogP contribution in [0.1, 0.15) is 39.0 Å². The maximum atomic E-state index is 12.9. The van der Waals surface area contributed by atoms with Crippen molar-refractivity contribution in [1.82, 2.24) is 0 Å². The van der Waals surface area contributed by atoms with Crippen molar-refractivity contribution in [3.63, 3.8) is 0 Å². The smallest absolute Gasteiger partial charge is 0.426 e. The van der Waals surface area contributed by atoms with Crippen LogP contribution in [-0.2, 0) is 9.53 Å². The highest BCUT2D eigenvalue weighted by atomic mass is 127. The zero-order chi connectivity index (χ0) is 19.9. The number of esters is 1. The summed E-state index contributed by atoms with van der Waals surface area (Å²) < 4.78 is 82.1. The van der Waals surface area contributed by atoms with Crippen molar-refractivity contribution in [3.8, 4) is 0 Å². The summed E-state index contributed by atoms with van der Waals surface area (Å²) in [6.07, 6.45) is -11.2. The van der Waals surface area contributed by atoms with Gasteiger partial charge in [0.05, 0.1) is 6.61 Å². The van der Waals surface area contributed by atoms with Crippen LogP contribution in [0, 0.1) is 23.7 Å². The molecule has 0 amide bonds. The summed E-state index contributed by atoms with van der Waals surface area (Å²) in [6.45, 7) is 1.98. The highest BCUT2D eigenvalue weighted by Crippen LogP contribution is 2.57. The molecule has 2 rings (SSSR count). The third-order valence-electron chi connectivity index (χ3n) is 5.70. The summed E-state index contributed by atoms with van der Waals surface area (Å²) in [7, 11) is 0. The Bertz CT molecular complexity index is 507. The van der Waals surface area contributed by atoms with Gasteiger partial charge < -0.3 is 9.84 Å². The average Bonchev–Trinajstić information content (AvgIpc) is 3.09. The van der Waals surface area contributed by atoms with Gasteiger partial charge >= 0.3 is 18.3 Å². The Morgan fingerprint density at radius 1 is 1.08 bits per heavy atom. The normalized spacial score (nSPS) is 30.5. The minimum Gasteiger partial charge on any atom is -0.465 e. The second-order valence-electron chi connectivity index (χ2n) is 7.31. The Kier molecular flexibility index (Phi) is 6.47. The van der Waals surface area contributed by atoms with Crippen LogP contribution in [0.5, 0.6) is 0 Å². The van der Waals surface area contributed by atoms with Gasteiger partial charge in [0.25, 0.3) is 5.60 Å². The minimum atomic E-state index is -5.77. The maximum absolute atomic E-state index is 12.9. The number of ether oxygens (including phenoxy) is 1. The SMILES string of the molecule is CCC(I)C(=O)OCC1CC2CC1CC2CC(O)(C(F)(F)F)C(F)(F)F. The zero-order valence-corrected chi connectivity index (χ0v) is 16.2. The van der Waals surface area contributed by atoms with E-state index in [4.69, 9.17) is 4.74 Å². The van der Waals surface area contributed by atoms with E-state index in [0.29, 0.717) is 19.3 Å². The highest BCUT2D eigenvalue weighted by molar-refractivity contribution is 14.1. The van der Waals surface area contributed by atoms with Crippen LogP contribution in [0.15, 0.2) is 0 Å². The first-order valence-electron chi connectivity index (χ1n) is 8.46. The highest BCUT2D eigenvalue weighted by Gasteiger charge is 2.71. The molecule has 0 radical (unpaired) electrons. The monoisotopic (exact) mass is 502 g/mol. The molecule has 3 nitrogen and oxygen atoms in total. The largest absolute Gasteiger partial charge is 0.465 e. The third-order valence-corrected chi connectivity index (χ3v) is 7.09. The molecule has 0 aromatic heterocycles. The molecule has 5 unspecified atom stereocenters. The lowest BCUT2D eigenvalue weighted by atomic mass is 9.76. The van der Waals surface area contributed by atoms with Gasteiger partial charge in [-0.05, 0) is 55.8 Å². The van der Waals surface area contributed by atoms with E-state index >= 15 is 0 Å². The van der Waals surface area contributed by atoms with Crippen molar-refractivity contribution in [3.05, 3.63) is 0 Å². The Balaban J connectivity index is 1.95. The molecule has 152 valence electrons. The predicted octanol–water partition coefficient (Wildman–Crippen LogP) is 4.65. The first-order chi connectivity index (χ1) is 11.8. The molecule has 0 saturated heterocycles. The quantitative estimate of drug-likeness (QED) is 0.249. The molecule has 2 fully saturated rings. The van der Waals surface area contributed by atoms with Crippen LogP contribution in [-0.4, -0.2) is 39.6 Å². The number of halogens is 7. The molecule has 0 aromatic carbocycles. The Labute approximate surface area is 161 Å². The molecule has 0 aromatic rings. The predicted molar refractivity (Wildman–Crippen MR) is 88.5 cm³/mol. The van der Waals surface area contributed by atoms with Crippen LogP contribution in [0.3, 0.4) is 0 Å². The molecular formula is C16H21F6IO3. The number of fused-ring (bicyclic) bond motifs is 2. The lowest BCUT2D eigenvalue weighted by molar-refractivity contribution is -0.373. The molecular weight excluding hydrogens is 481 g/mol. The van der Waals surface area contributed by atoms with Crippen LogP contribution in [0.25, 0.3) is 0 Å². The number of alkyl halides is 7. The van der Waals surface area contributed by atoms with Gasteiger partial charge in [-0.15, -0.1) is 0 Å². The second-order valence-corrected chi connectivity index (χ2v) is 8.82. The summed E-state index contributed by atoms with van der Waals surface area (Å²) in [6, 6.07) is 0. The molecule has 0 aliphatic heterocycles. The number of rotatable bonds is 6. The molecule has 0 spiro atoms. The second kappa shape index (κ2) is 7.63. The minimum absolute atomic E-state index is 0.0366. The number of carbonyl (C=O) groups excluding carboxylic acids is 1. The van der Waals surface area contributed by atoms with Gasteiger partial charge in [-0.2, -0.15) is 26.3 Å². The van der Waals surface area contributed by atoms with Crippen molar-refractivity contribution in [2.24, 2.45) is 23.7 Å². The molecule has 0 heterocycles. The number of carbonyl (C=O) groups is 1. The van der Waals surface area contributed by atoms with E-state index in [-0.39, 0.29) is 40.7 Å². The topological polar surface area (TPSA) is 46.5 Å². The van der Waals surface area contributed by atoms with Crippen LogP contribution < -0.4 is 0 Å². The molecule has 2 bridgehead atoms. The van der Waals surface area contributed by atoms with Crippen molar-refractivity contribution in [2.45, 2.75) is 60.9 Å². The first-order valence-corrected chi connectivity index (χ1v) is 9.71. The van der Waals surface area contributed by atoms with E-state index in [2.05, 4.69) is 0 Å². The molecule has 10 heteroatoms. The van der Waals surface area contributed by atoms with Crippen LogP contribution >= 0.6 is 22.6 Å². The Morgan fingerprint density at radius 3 is 2.00 bits per heavy atom. The summed E-state index contributed by atoms with van der Waals surface area (Å²) in [5.74, 6) is -1.62. The molecule has 2 aliphatic carbocycles. The van der Waals surface area contributed by atoms with Gasteiger partial charge in [-0.25, -0.2) is 0 Å². The van der Waals surface area contributed by atoms with Gasteiger partial charge in [0.2, 0.25) is 0 Å². The van der Waals surface area contributed by atoms with E-state index in [1.54, 1.807) is 0 Å². The van der Waals surface area contributed by atoms with Crippen molar-refractivity contribution < 1.29 is 41.0 Å². The summed E-state index contributed by atoms with van der Waals surface area (Å²) >= 11 is 1.96. The number of aliphatic hydroxyl groups is 1. The first kappa shape index (κ1) is 22.0. The fourth-order valence-corrected chi connectivity index (χ4v) is 4.37. The van der Waals surface area contributed by atoms with Gasteiger partial charge in [0.1, 0.15) is 3.92 Å². The standard InChI is InChI=1S/C16H21F6IO3/c1-2-12(23)13(24)26-7-11-5-8-3-9(11)4-10(8)6-14(25,15(17,18)19)16(20,21)22/h8-12,25H,2-7H2,1H3. The zero-order valence-electron chi connectivity index (χ0n) is 14.0. The Hall–Kier alpha value is -0.260. The summed E-state index contributed by atoms with van der Waals surface area (Å²) in [5, 5.41) is 9.38. The number of hydrogen-bond donors (Lipinski definition) is 1. The van der Waals surface area contributed by atoms with Crippen molar-refractivity contribution in [1.29, 1.82) is 0 Å². The van der Waals surface area contributed by atoms with E-state index < -0.39 is 30.3 Å². The van der Waals surface area contributed by atoms with Gasteiger partial charge in [-0.1, -0.05) is 29.5 Å². The average molecular weight is 502 g/mol. The van der Waals surface area contributed by atoms with E-state index in [1.807, 2.05) is 29.5 Å². The van der Waals surface area contributed by atoms with E-state index in [9.17, 15) is 36.2 Å². The maximum Gasteiger partial charge on any atom is 0.426 e. The Morgan fingerprint density at radius 2 is 1.58 bits per heavy atom. The molecule has 5 atom stereocenters. The fourth-order valence-electron chi connectivity index (χ4n) is 4.19. The molecule has 1 N–H and O–H groups in total. The van der Waals surface area contributed by atoms with Gasteiger partial charge in [0.15, 0.2) is 0 Å². The molecule has 26 heavy (non-hydrogen) atoms. The fraction of sp³-hybridized carbons (Fsp3) is 0.938. The number of hydrogen-bond acceptors (Lipinski definition) is 3. The van der Waals surface area contributed by atoms with E-state index in [1.165, 1.54) is 0 Å². The lowest BCUT2D eigenvalue weighted by Gasteiger charge is -2.37. The molecule has 2 saturated carbocycles. The summed E-state index contributed by atoms with van der Waals surface area (Å²) in [5.41, 5.74) is -4.67.